The van der Waals surface area contributed by atoms with E-state index < -0.39 is 23.1 Å². The quantitative estimate of drug-likeness (QED) is 0.822. The number of rotatable bonds is 2. The van der Waals surface area contributed by atoms with Gasteiger partial charge in [-0.2, -0.15) is 0 Å². The molecule has 86 valence electrons. The summed E-state index contributed by atoms with van der Waals surface area (Å²) in [4.78, 5) is 0. The molecule has 4 heteroatoms. The van der Waals surface area contributed by atoms with Crippen LogP contribution in [-0.4, -0.2) is 11.1 Å². The van der Waals surface area contributed by atoms with E-state index in [9.17, 15) is 8.78 Å². The third-order valence-corrected chi connectivity index (χ3v) is 3.14. The van der Waals surface area contributed by atoms with Crippen LogP contribution in [0.25, 0.3) is 0 Å². The molecule has 0 amide bonds. The molecule has 16 heavy (non-hydrogen) atoms. The summed E-state index contributed by atoms with van der Waals surface area (Å²) < 4.78 is 28.8. The van der Waals surface area contributed by atoms with Crippen LogP contribution in [0.3, 0.4) is 0 Å². The monoisotopic (exact) mass is 224 g/mol. The molecule has 0 aromatic carbocycles. The second kappa shape index (κ2) is 3.87. The van der Waals surface area contributed by atoms with Crippen molar-refractivity contribution in [3.8, 4) is 0 Å². The Balaban J connectivity index is 2.50. The van der Waals surface area contributed by atoms with Crippen molar-refractivity contribution in [1.29, 1.82) is 0 Å². The highest BCUT2D eigenvalue weighted by atomic mass is 19.1. The van der Waals surface area contributed by atoms with Gasteiger partial charge in [0.05, 0.1) is 11.5 Å². The fraction of sp³-hybridized carbons (Fsp3) is 0.333. The van der Waals surface area contributed by atoms with Crippen molar-refractivity contribution in [3.63, 3.8) is 0 Å². The van der Waals surface area contributed by atoms with Gasteiger partial charge in [0.1, 0.15) is 11.7 Å². The van der Waals surface area contributed by atoms with Crippen molar-refractivity contribution in [2.45, 2.75) is 12.5 Å². The van der Waals surface area contributed by atoms with Crippen LogP contribution < -0.4 is 5.73 Å². The van der Waals surface area contributed by atoms with E-state index in [0.717, 1.165) is 6.08 Å². The van der Waals surface area contributed by atoms with E-state index in [1.807, 2.05) is 12.1 Å². The maximum Gasteiger partial charge on any atom is 0.124 e. The zero-order valence-electron chi connectivity index (χ0n) is 9.03. The van der Waals surface area contributed by atoms with Crippen molar-refractivity contribution in [3.05, 3.63) is 48.3 Å². The summed E-state index contributed by atoms with van der Waals surface area (Å²) in [6.45, 7) is 1.91. The first-order valence-corrected chi connectivity index (χ1v) is 5.17. The van der Waals surface area contributed by atoms with Gasteiger partial charge in [-0.3, -0.25) is 0 Å². The number of hydrogen-bond acceptors (Lipinski definition) is 1. The highest BCUT2D eigenvalue weighted by Crippen LogP contribution is 2.38. The predicted molar refractivity (Wildman–Crippen MR) is 59.0 cm³/mol. The van der Waals surface area contributed by atoms with Gasteiger partial charge in [0.15, 0.2) is 0 Å². The molecular weight excluding hydrogens is 210 g/mol. The van der Waals surface area contributed by atoms with Gasteiger partial charge in [-0.1, -0.05) is 0 Å². The van der Waals surface area contributed by atoms with Crippen molar-refractivity contribution in [2.75, 3.05) is 6.54 Å². The standard InChI is InChI=1S/C12H14F2N2/c1-12(16-4-2-3-5-16)7-9(13)6-11(14)10(12)8-15/h2-7,10H,8,15H2,1H3. The molecule has 1 aliphatic carbocycles. The molecule has 0 fully saturated rings. The number of nitrogens with zero attached hydrogens (tertiary/aromatic N) is 1. The van der Waals surface area contributed by atoms with E-state index in [1.54, 1.807) is 23.9 Å². The van der Waals surface area contributed by atoms with Gasteiger partial charge in [-0.15, -0.1) is 0 Å². The van der Waals surface area contributed by atoms with E-state index in [4.69, 9.17) is 5.73 Å². The molecule has 1 aliphatic rings. The summed E-state index contributed by atoms with van der Waals surface area (Å²) in [5.74, 6) is -1.59. The Hall–Kier alpha value is -1.42. The molecule has 1 aromatic heterocycles. The summed E-state index contributed by atoms with van der Waals surface area (Å²) in [6, 6.07) is 3.64. The zero-order valence-corrected chi connectivity index (χ0v) is 9.03. The van der Waals surface area contributed by atoms with Gasteiger partial charge in [0.2, 0.25) is 0 Å². The maximum atomic E-state index is 13.7. The van der Waals surface area contributed by atoms with Crippen LogP contribution in [0.1, 0.15) is 6.92 Å². The summed E-state index contributed by atoms with van der Waals surface area (Å²) in [5.41, 5.74) is 4.80. The van der Waals surface area contributed by atoms with E-state index in [2.05, 4.69) is 0 Å². The SMILES string of the molecule is CC1(n2cccc2)C=C(F)C=C(F)C1CN. The minimum Gasteiger partial charge on any atom is -0.344 e. The number of halogens is 2. The Bertz CT molecular complexity index is 434. The van der Waals surface area contributed by atoms with Crippen LogP contribution in [0.5, 0.6) is 0 Å². The van der Waals surface area contributed by atoms with Gasteiger partial charge < -0.3 is 10.3 Å². The molecule has 2 unspecified atom stereocenters. The molecule has 0 radical (unpaired) electrons. The Kier molecular flexibility index (Phi) is 2.68. The Morgan fingerprint density at radius 1 is 1.38 bits per heavy atom. The van der Waals surface area contributed by atoms with Crippen LogP contribution in [0.2, 0.25) is 0 Å². The number of nitrogens with two attached hydrogens (primary N) is 1. The normalized spacial score (nSPS) is 29.9. The lowest BCUT2D eigenvalue weighted by Gasteiger charge is -2.37. The van der Waals surface area contributed by atoms with Crippen LogP contribution in [0, 0.1) is 5.92 Å². The molecule has 0 spiro atoms. The van der Waals surface area contributed by atoms with Gasteiger partial charge in [0.25, 0.3) is 0 Å². The molecule has 0 bridgehead atoms. The molecule has 2 atom stereocenters. The summed E-state index contributed by atoms with van der Waals surface area (Å²) >= 11 is 0. The number of aromatic nitrogens is 1. The largest absolute Gasteiger partial charge is 0.344 e. The first kappa shape index (κ1) is 11.1. The molecule has 1 aromatic rings. The summed E-state index contributed by atoms with van der Waals surface area (Å²) in [6.07, 6.45) is 5.88. The number of allylic oxidation sites excluding steroid dienone is 3. The summed E-state index contributed by atoms with van der Waals surface area (Å²) in [5, 5.41) is 0. The highest BCUT2D eigenvalue weighted by Gasteiger charge is 2.38. The van der Waals surface area contributed by atoms with Gasteiger partial charge >= 0.3 is 0 Å². The summed E-state index contributed by atoms with van der Waals surface area (Å²) in [7, 11) is 0. The third-order valence-electron chi connectivity index (χ3n) is 3.14. The third kappa shape index (κ3) is 1.59. The Morgan fingerprint density at radius 3 is 2.56 bits per heavy atom. The average Bonchev–Trinajstić information content (AvgIpc) is 2.69. The second-order valence-electron chi connectivity index (χ2n) is 4.16. The minimum absolute atomic E-state index is 0.140. The lowest BCUT2D eigenvalue weighted by molar-refractivity contribution is 0.249. The van der Waals surface area contributed by atoms with Gasteiger partial charge in [-0.25, -0.2) is 8.78 Å². The average molecular weight is 224 g/mol. The number of hydrogen-bond donors (Lipinski definition) is 1. The first-order chi connectivity index (χ1) is 7.58. The molecule has 2 N–H and O–H groups in total. The van der Waals surface area contributed by atoms with Crippen LogP contribution in [0.15, 0.2) is 48.3 Å². The molecule has 1 heterocycles. The van der Waals surface area contributed by atoms with Crippen LogP contribution >= 0.6 is 0 Å². The molecule has 0 saturated carbocycles. The highest BCUT2D eigenvalue weighted by molar-refractivity contribution is 5.30. The predicted octanol–water partition coefficient (Wildman–Crippen LogP) is 2.50. The van der Waals surface area contributed by atoms with E-state index in [1.165, 1.54) is 6.08 Å². The van der Waals surface area contributed by atoms with Gasteiger partial charge in [-0.05, 0) is 25.1 Å². The topological polar surface area (TPSA) is 30.9 Å². The smallest absolute Gasteiger partial charge is 0.124 e. The van der Waals surface area contributed by atoms with Crippen molar-refractivity contribution < 1.29 is 8.78 Å². The fourth-order valence-electron chi connectivity index (χ4n) is 2.19. The van der Waals surface area contributed by atoms with Crippen LogP contribution in [0.4, 0.5) is 8.78 Å². The molecular formula is C12H14F2N2. The Labute approximate surface area is 93.1 Å². The van der Waals surface area contributed by atoms with E-state index in [-0.39, 0.29) is 6.54 Å². The maximum absolute atomic E-state index is 13.7. The van der Waals surface area contributed by atoms with Gasteiger partial charge in [0, 0.05) is 25.0 Å². The first-order valence-electron chi connectivity index (χ1n) is 5.17. The zero-order chi connectivity index (χ0) is 11.8. The molecule has 2 nitrogen and oxygen atoms in total. The second-order valence-corrected chi connectivity index (χ2v) is 4.16. The molecule has 0 saturated heterocycles. The van der Waals surface area contributed by atoms with E-state index in [0.29, 0.717) is 0 Å². The fourth-order valence-corrected chi connectivity index (χ4v) is 2.19. The lowest BCUT2D eigenvalue weighted by Crippen LogP contribution is -2.42. The van der Waals surface area contributed by atoms with Crippen LogP contribution in [-0.2, 0) is 5.54 Å². The molecule has 0 aliphatic heterocycles. The van der Waals surface area contributed by atoms with Crippen molar-refractivity contribution >= 4 is 0 Å². The lowest BCUT2D eigenvalue weighted by atomic mass is 9.80. The van der Waals surface area contributed by atoms with Crippen molar-refractivity contribution in [1.82, 2.24) is 4.57 Å². The van der Waals surface area contributed by atoms with E-state index >= 15 is 0 Å². The van der Waals surface area contributed by atoms with Crippen molar-refractivity contribution in [2.24, 2.45) is 11.7 Å². The Morgan fingerprint density at radius 2 is 2.00 bits per heavy atom. The molecule has 2 rings (SSSR count). The minimum atomic E-state index is -0.777.